The van der Waals surface area contributed by atoms with Crippen LogP contribution in [0.3, 0.4) is 0 Å². The lowest BCUT2D eigenvalue weighted by Crippen LogP contribution is -2.18. The molecule has 4 aromatic carbocycles. The van der Waals surface area contributed by atoms with E-state index < -0.39 is 29.8 Å². The van der Waals surface area contributed by atoms with Crippen LogP contribution in [0.2, 0.25) is 0 Å². The number of hydrogen-bond donors (Lipinski definition) is 0. The number of para-hydroxylation sites is 4. The van der Waals surface area contributed by atoms with Gasteiger partial charge >= 0.3 is 12.7 Å². The second kappa shape index (κ2) is 11.1. The molecule has 48 heavy (non-hydrogen) atoms. The monoisotopic (exact) mass is 652 g/mol. The third-order valence-corrected chi connectivity index (χ3v) is 7.44. The van der Waals surface area contributed by atoms with E-state index in [1.807, 2.05) is 0 Å². The average molecular weight is 653 g/mol. The Labute approximate surface area is 265 Å². The summed E-state index contributed by atoms with van der Waals surface area (Å²) in [4.78, 5) is 17.5. The van der Waals surface area contributed by atoms with E-state index in [1.165, 1.54) is 24.5 Å². The largest absolute Gasteiger partial charge is 0.573 e. The van der Waals surface area contributed by atoms with Crippen molar-refractivity contribution in [3.63, 3.8) is 0 Å². The van der Waals surface area contributed by atoms with Gasteiger partial charge in [0.2, 0.25) is 0 Å². The molecule has 2 aromatic heterocycles. The van der Waals surface area contributed by atoms with Crippen LogP contribution in [-0.2, 0) is 0 Å². The molecule has 0 fully saturated rings. The Morgan fingerprint density at radius 2 is 0.938 bits per heavy atom. The Balaban J connectivity index is 1.54. The standard InChI is InChI=1S/C34H14F6N6O2/c35-33(36,37)47-30-11-20-18(9-22(30)28-15-43-24-5-1-3-7-26(24)45-28)19-10-23(29-16-44-25-6-2-4-8-27(25)46-29)31(48-34(38,39)40)12-21(19)32(20)17(13-41)14-42/h1-12,15-16H. The van der Waals surface area contributed by atoms with Gasteiger partial charge in [-0.15, -0.1) is 26.3 Å². The second-order valence-electron chi connectivity index (χ2n) is 10.3. The molecule has 0 aliphatic heterocycles. The van der Waals surface area contributed by atoms with Crippen molar-refractivity contribution in [3.8, 4) is 57.3 Å². The van der Waals surface area contributed by atoms with E-state index in [4.69, 9.17) is 0 Å². The topological polar surface area (TPSA) is 118 Å². The fourth-order valence-electron chi connectivity index (χ4n) is 5.56. The SMILES string of the molecule is N#CC(C#N)=C1c2cc(OC(F)(F)F)c(-c3cnc4ccccc4n3)cc2-c2cc(-c3cnc4ccccc4n3)c(OC(F)(F)F)cc21. The maximum atomic E-state index is 13.7. The predicted octanol–water partition coefficient (Wildman–Crippen LogP) is 8.53. The van der Waals surface area contributed by atoms with Crippen LogP contribution in [0, 0.1) is 22.7 Å². The Morgan fingerprint density at radius 3 is 1.31 bits per heavy atom. The number of nitriles is 2. The van der Waals surface area contributed by atoms with Crippen LogP contribution < -0.4 is 9.47 Å². The lowest BCUT2D eigenvalue weighted by molar-refractivity contribution is -0.275. The van der Waals surface area contributed by atoms with Gasteiger partial charge in [0.05, 0.1) is 45.8 Å². The van der Waals surface area contributed by atoms with Gasteiger partial charge in [0.15, 0.2) is 0 Å². The first kappa shape index (κ1) is 30.1. The first-order valence-corrected chi connectivity index (χ1v) is 13.8. The van der Waals surface area contributed by atoms with Crippen LogP contribution in [0.15, 0.2) is 90.8 Å². The molecule has 2 heterocycles. The summed E-state index contributed by atoms with van der Waals surface area (Å²) >= 11 is 0. The quantitative estimate of drug-likeness (QED) is 0.137. The molecule has 14 heteroatoms. The van der Waals surface area contributed by atoms with E-state index in [-0.39, 0.29) is 50.3 Å². The fourth-order valence-corrected chi connectivity index (χ4v) is 5.56. The summed E-state index contributed by atoms with van der Waals surface area (Å²) in [5.74, 6) is -1.47. The second-order valence-corrected chi connectivity index (χ2v) is 10.3. The zero-order valence-corrected chi connectivity index (χ0v) is 23.9. The van der Waals surface area contributed by atoms with Crippen LogP contribution >= 0.6 is 0 Å². The summed E-state index contributed by atoms with van der Waals surface area (Å²) in [6, 6.07) is 21.3. The highest BCUT2D eigenvalue weighted by molar-refractivity contribution is 6.07. The molecule has 0 saturated carbocycles. The molecule has 1 aliphatic carbocycles. The molecule has 0 bridgehead atoms. The highest BCUT2D eigenvalue weighted by Crippen LogP contribution is 2.53. The summed E-state index contributed by atoms with van der Waals surface area (Å²) in [5, 5.41) is 19.7. The Morgan fingerprint density at radius 1 is 0.542 bits per heavy atom. The number of nitrogens with zero attached hydrogens (tertiary/aromatic N) is 6. The van der Waals surface area contributed by atoms with Gasteiger partial charge in [-0.1, -0.05) is 24.3 Å². The molecule has 0 saturated heterocycles. The summed E-state index contributed by atoms with van der Waals surface area (Å²) in [7, 11) is 0. The van der Waals surface area contributed by atoms with Crippen molar-refractivity contribution in [2.75, 3.05) is 0 Å². The molecular formula is C34H14F6N6O2. The van der Waals surface area contributed by atoms with Gasteiger partial charge < -0.3 is 9.47 Å². The molecular weight excluding hydrogens is 638 g/mol. The van der Waals surface area contributed by atoms with Crippen LogP contribution in [-0.4, -0.2) is 32.7 Å². The van der Waals surface area contributed by atoms with Crippen LogP contribution in [0.5, 0.6) is 11.5 Å². The Bertz CT molecular complexity index is 2260. The molecule has 0 atom stereocenters. The average Bonchev–Trinajstić information content (AvgIpc) is 3.34. The van der Waals surface area contributed by atoms with Crippen molar-refractivity contribution >= 4 is 27.6 Å². The van der Waals surface area contributed by atoms with Gasteiger partial charge in [-0.2, -0.15) is 10.5 Å². The summed E-state index contributed by atoms with van der Waals surface area (Å²) in [6.07, 6.45) is -7.84. The van der Waals surface area contributed by atoms with Gasteiger partial charge in [0.1, 0.15) is 29.2 Å². The van der Waals surface area contributed by atoms with Crippen molar-refractivity contribution in [1.29, 1.82) is 10.5 Å². The summed E-state index contributed by atoms with van der Waals surface area (Å²) in [5.41, 5.74) is 0.800. The highest BCUT2D eigenvalue weighted by atomic mass is 19.4. The fraction of sp³-hybridized carbons (Fsp3) is 0.0588. The molecule has 7 rings (SSSR count). The first-order chi connectivity index (χ1) is 22.9. The van der Waals surface area contributed by atoms with Crippen molar-refractivity contribution < 1.29 is 35.8 Å². The zero-order chi connectivity index (χ0) is 33.8. The van der Waals surface area contributed by atoms with Crippen LogP contribution in [0.1, 0.15) is 11.1 Å². The van der Waals surface area contributed by atoms with E-state index in [0.717, 1.165) is 12.1 Å². The number of allylic oxidation sites excluding steroid dienone is 1. The number of aromatic nitrogens is 4. The number of hydrogen-bond acceptors (Lipinski definition) is 8. The van der Waals surface area contributed by atoms with Gasteiger partial charge in [0.25, 0.3) is 0 Å². The minimum absolute atomic E-state index is 0.00633. The number of alkyl halides is 6. The molecule has 0 unspecified atom stereocenters. The van der Waals surface area contributed by atoms with E-state index >= 15 is 0 Å². The number of ether oxygens (including phenoxy) is 2. The van der Waals surface area contributed by atoms with Gasteiger partial charge in [-0.3, -0.25) is 9.97 Å². The summed E-state index contributed by atoms with van der Waals surface area (Å²) < 4.78 is 91.3. The Hall–Kier alpha value is -6.54. The Kier molecular flexibility index (Phi) is 6.95. The third-order valence-electron chi connectivity index (χ3n) is 7.44. The van der Waals surface area contributed by atoms with Gasteiger partial charge in [0, 0.05) is 16.7 Å². The molecule has 0 amide bonds. The normalized spacial score (nSPS) is 12.3. The summed E-state index contributed by atoms with van der Waals surface area (Å²) in [6.45, 7) is 0. The predicted molar refractivity (Wildman–Crippen MR) is 160 cm³/mol. The van der Waals surface area contributed by atoms with E-state index in [1.54, 1.807) is 60.7 Å². The lowest BCUT2D eigenvalue weighted by Gasteiger charge is -2.16. The van der Waals surface area contributed by atoms with Gasteiger partial charge in [-0.05, 0) is 70.8 Å². The van der Waals surface area contributed by atoms with E-state index in [0.29, 0.717) is 22.1 Å². The minimum atomic E-state index is -5.18. The molecule has 8 nitrogen and oxygen atoms in total. The molecule has 1 aliphatic rings. The number of benzene rings is 4. The third kappa shape index (κ3) is 5.45. The van der Waals surface area contributed by atoms with Crippen molar-refractivity contribution in [2.45, 2.75) is 12.7 Å². The molecule has 6 aromatic rings. The molecule has 234 valence electrons. The number of halogens is 6. The van der Waals surface area contributed by atoms with Crippen molar-refractivity contribution in [3.05, 3.63) is 102 Å². The smallest absolute Gasteiger partial charge is 0.405 e. The minimum Gasteiger partial charge on any atom is -0.405 e. The molecule has 0 radical (unpaired) electrons. The lowest BCUT2D eigenvalue weighted by atomic mass is 9.96. The van der Waals surface area contributed by atoms with Crippen molar-refractivity contribution in [1.82, 2.24) is 19.9 Å². The maximum absolute atomic E-state index is 13.7. The molecule has 0 N–H and O–H groups in total. The van der Waals surface area contributed by atoms with Gasteiger partial charge in [-0.25, -0.2) is 9.97 Å². The molecule has 0 spiro atoms. The maximum Gasteiger partial charge on any atom is 0.573 e. The van der Waals surface area contributed by atoms with E-state index in [2.05, 4.69) is 29.4 Å². The zero-order valence-electron chi connectivity index (χ0n) is 23.9. The van der Waals surface area contributed by atoms with Crippen LogP contribution in [0.25, 0.3) is 61.3 Å². The van der Waals surface area contributed by atoms with Crippen molar-refractivity contribution in [2.24, 2.45) is 0 Å². The van der Waals surface area contributed by atoms with E-state index in [9.17, 15) is 36.9 Å². The first-order valence-electron chi connectivity index (χ1n) is 13.8. The van der Waals surface area contributed by atoms with Crippen LogP contribution in [0.4, 0.5) is 26.3 Å². The number of fused-ring (bicyclic) bond motifs is 5. The highest BCUT2D eigenvalue weighted by Gasteiger charge is 2.38. The number of rotatable bonds is 4.